The van der Waals surface area contributed by atoms with E-state index in [1.165, 1.54) is 19.3 Å². The molecule has 1 fully saturated rings. The zero-order valence-electron chi connectivity index (χ0n) is 12.3. The van der Waals surface area contributed by atoms with Gasteiger partial charge in [0.15, 0.2) is 0 Å². The number of rotatable bonds is 4. The second-order valence-electron chi connectivity index (χ2n) is 6.26. The standard InChI is InChI=1S/C16H24Cl2N2/c1-16(2,20-8-4-3-5-9-20)15(19)11-12-6-7-13(17)14(18)10-12/h6-7,10,15H,3-5,8-9,11,19H2,1-2H3. The monoisotopic (exact) mass is 314 g/mol. The van der Waals surface area contributed by atoms with E-state index in [1.807, 2.05) is 18.2 Å². The van der Waals surface area contributed by atoms with E-state index >= 15 is 0 Å². The summed E-state index contributed by atoms with van der Waals surface area (Å²) >= 11 is 12.0. The lowest BCUT2D eigenvalue weighted by Gasteiger charge is -2.44. The van der Waals surface area contributed by atoms with Gasteiger partial charge in [0.2, 0.25) is 0 Å². The third-order valence-corrected chi connectivity index (χ3v) is 5.26. The lowest BCUT2D eigenvalue weighted by atomic mass is 9.87. The van der Waals surface area contributed by atoms with Crippen LogP contribution in [0.5, 0.6) is 0 Å². The summed E-state index contributed by atoms with van der Waals surface area (Å²) in [4.78, 5) is 2.53. The van der Waals surface area contributed by atoms with Gasteiger partial charge in [-0.25, -0.2) is 0 Å². The lowest BCUT2D eigenvalue weighted by molar-refractivity contribution is 0.0731. The molecule has 2 nitrogen and oxygen atoms in total. The van der Waals surface area contributed by atoms with E-state index in [4.69, 9.17) is 28.9 Å². The first-order chi connectivity index (χ1) is 9.41. The van der Waals surface area contributed by atoms with Gasteiger partial charge in [0.05, 0.1) is 10.0 Å². The minimum atomic E-state index is 0.00648. The first-order valence-electron chi connectivity index (χ1n) is 7.36. The lowest BCUT2D eigenvalue weighted by Crippen LogP contribution is -2.58. The number of benzene rings is 1. The average Bonchev–Trinajstić information content (AvgIpc) is 2.44. The maximum Gasteiger partial charge on any atom is 0.0595 e. The Morgan fingerprint density at radius 3 is 2.40 bits per heavy atom. The molecule has 1 saturated heterocycles. The highest BCUT2D eigenvalue weighted by atomic mass is 35.5. The molecule has 1 aromatic rings. The van der Waals surface area contributed by atoms with Gasteiger partial charge < -0.3 is 5.73 Å². The van der Waals surface area contributed by atoms with Crippen LogP contribution in [0.15, 0.2) is 18.2 Å². The van der Waals surface area contributed by atoms with Crippen molar-refractivity contribution in [3.8, 4) is 0 Å². The maximum atomic E-state index is 6.48. The Kier molecular flexibility index (Phi) is 5.36. The molecule has 0 radical (unpaired) electrons. The van der Waals surface area contributed by atoms with Gasteiger partial charge in [0, 0.05) is 11.6 Å². The number of hydrogen-bond donors (Lipinski definition) is 1. The van der Waals surface area contributed by atoms with Gasteiger partial charge in [-0.05, 0) is 63.9 Å². The molecule has 1 atom stereocenters. The summed E-state index contributed by atoms with van der Waals surface area (Å²) in [6, 6.07) is 5.87. The van der Waals surface area contributed by atoms with Crippen molar-refractivity contribution < 1.29 is 0 Å². The highest BCUT2D eigenvalue weighted by Gasteiger charge is 2.33. The van der Waals surface area contributed by atoms with Crippen LogP contribution < -0.4 is 5.73 Å². The van der Waals surface area contributed by atoms with Crippen LogP contribution in [0.4, 0.5) is 0 Å². The minimum absolute atomic E-state index is 0.00648. The summed E-state index contributed by atoms with van der Waals surface area (Å²) in [5.41, 5.74) is 7.64. The van der Waals surface area contributed by atoms with Gasteiger partial charge >= 0.3 is 0 Å². The molecule has 1 aromatic carbocycles. The molecule has 112 valence electrons. The SMILES string of the molecule is CC(C)(C(N)Cc1ccc(Cl)c(Cl)c1)N1CCCCC1. The average molecular weight is 315 g/mol. The summed E-state index contributed by atoms with van der Waals surface area (Å²) in [6.45, 7) is 6.81. The second-order valence-corrected chi connectivity index (χ2v) is 7.07. The molecular formula is C16H24Cl2N2. The molecule has 0 aromatic heterocycles. The fraction of sp³-hybridized carbons (Fsp3) is 0.625. The molecule has 2 rings (SSSR count). The van der Waals surface area contributed by atoms with Gasteiger partial charge in [-0.1, -0.05) is 35.7 Å². The molecule has 0 spiro atoms. The molecule has 4 heteroatoms. The maximum absolute atomic E-state index is 6.48. The van der Waals surface area contributed by atoms with Gasteiger partial charge in [0.1, 0.15) is 0 Å². The molecule has 20 heavy (non-hydrogen) atoms. The predicted octanol–water partition coefficient (Wildman–Crippen LogP) is 4.13. The minimum Gasteiger partial charge on any atom is -0.326 e. The van der Waals surface area contributed by atoms with Gasteiger partial charge in [-0.15, -0.1) is 0 Å². The van der Waals surface area contributed by atoms with E-state index < -0.39 is 0 Å². The van der Waals surface area contributed by atoms with Gasteiger partial charge in [-0.2, -0.15) is 0 Å². The van der Waals surface area contributed by atoms with E-state index in [9.17, 15) is 0 Å². The fourth-order valence-electron chi connectivity index (χ4n) is 2.88. The van der Waals surface area contributed by atoms with Gasteiger partial charge in [0.25, 0.3) is 0 Å². The van der Waals surface area contributed by atoms with Crippen LogP contribution in [0.25, 0.3) is 0 Å². The molecule has 1 aliphatic heterocycles. The smallest absolute Gasteiger partial charge is 0.0595 e. The highest BCUT2D eigenvalue weighted by molar-refractivity contribution is 6.42. The van der Waals surface area contributed by atoms with Crippen molar-refractivity contribution in [1.29, 1.82) is 0 Å². The van der Waals surface area contributed by atoms with Crippen LogP contribution in [0.3, 0.4) is 0 Å². The fourth-order valence-corrected chi connectivity index (χ4v) is 3.20. The van der Waals surface area contributed by atoms with Crippen LogP contribution in [0, 0.1) is 0 Å². The number of piperidine rings is 1. The number of likely N-dealkylation sites (tertiary alicyclic amines) is 1. The Morgan fingerprint density at radius 1 is 1.15 bits per heavy atom. The van der Waals surface area contributed by atoms with Gasteiger partial charge in [-0.3, -0.25) is 4.90 Å². The third kappa shape index (κ3) is 3.67. The second kappa shape index (κ2) is 6.65. The van der Waals surface area contributed by atoms with E-state index in [2.05, 4.69) is 18.7 Å². The van der Waals surface area contributed by atoms with Crippen LogP contribution in [0.1, 0.15) is 38.7 Å². The third-order valence-electron chi connectivity index (χ3n) is 4.52. The van der Waals surface area contributed by atoms with Crippen molar-refractivity contribution >= 4 is 23.2 Å². The number of halogens is 2. The Labute approximate surface area is 132 Å². The van der Waals surface area contributed by atoms with Crippen LogP contribution >= 0.6 is 23.2 Å². The number of nitrogens with zero attached hydrogens (tertiary/aromatic N) is 1. The van der Waals surface area contributed by atoms with Crippen LogP contribution in [0.2, 0.25) is 10.0 Å². The summed E-state index contributed by atoms with van der Waals surface area (Å²) in [6.07, 6.45) is 4.72. The molecule has 2 N–H and O–H groups in total. The van der Waals surface area contributed by atoms with E-state index in [0.29, 0.717) is 10.0 Å². The zero-order valence-corrected chi connectivity index (χ0v) is 13.8. The van der Waals surface area contributed by atoms with Crippen molar-refractivity contribution in [3.05, 3.63) is 33.8 Å². The molecule has 1 unspecified atom stereocenters. The summed E-state index contributed by atoms with van der Waals surface area (Å²) in [7, 11) is 0. The van der Waals surface area contributed by atoms with Crippen molar-refractivity contribution in [2.24, 2.45) is 5.73 Å². The Bertz CT molecular complexity index is 454. The Morgan fingerprint density at radius 2 is 1.80 bits per heavy atom. The molecule has 0 saturated carbocycles. The van der Waals surface area contributed by atoms with Crippen LogP contribution in [-0.4, -0.2) is 29.6 Å². The summed E-state index contributed by atoms with van der Waals surface area (Å²) in [5, 5.41) is 1.20. The first-order valence-corrected chi connectivity index (χ1v) is 8.11. The van der Waals surface area contributed by atoms with E-state index in [1.54, 1.807) is 0 Å². The zero-order chi connectivity index (χ0) is 14.8. The molecule has 1 heterocycles. The van der Waals surface area contributed by atoms with E-state index in [-0.39, 0.29) is 11.6 Å². The molecule has 0 amide bonds. The topological polar surface area (TPSA) is 29.3 Å². The number of nitrogens with two attached hydrogens (primary N) is 1. The Hall–Kier alpha value is -0.280. The Balaban J connectivity index is 2.05. The van der Waals surface area contributed by atoms with Crippen LogP contribution in [-0.2, 0) is 6.42 Å². The summed E-state index contributed by atoms with van der Waals surface area (Å²) < 4.78 is 0. The molecule has 1 aliphatic rings. The quantitative estimate of drug-likeness (QED) is 0.905. The van der Waals surface area contributed by atoms with Crippen molar-refractivity contribution in [2.45, 2.75) is 51.1 Å². The number of hydrogen-bond acceptors (Lipinski definition) is 2. The largest absolute Gasteiger partial charge is 0.326 e. The first kappa shape index (κ1) is 16.1. The molecular weight excluding hydrogens is 291 g/mol. The highest BCUT2D eigenvalue weighted by Crippen LogP contribution is 2.27. The predicted molar refractivity (Wildman–Crippen MR) is 87.6 cm³/mol. The normalized spacial score (nSPS) is 19.1. The van der Waals surface area contributed by atoms with Crippen molar-refractivity contribution in [3.63, 3.8) is 0 Å². The van der Waals surface area contributed by atoms with E-state index in [0.717, 1.165) is 25.1 Å². The van der Waals surface area contributed by atoms with Crippen molar-refractivity contribution in [1.82, 2.24) is 4.90 Å². The molecule has 0 bridgehead atoms. The van der Waals surface area contributed by atoms with Crippen molar-refractivity contribution in [2.75, 3.05) is 13.1 Å². The summed E-state index contributed by atoms with van der Waals surface area (Å²) in [5.74, 6) is 0. The molecule has 0 aliphatic carbocycles.